The minimum absolute atomic E-state index is 0.608. The summed E-state index contributed by atoms with van der Waals surface area (Å²) in [4.78, 5) is 4.28. The number of fused-ring (bicyclic) bond motifs is 1. The average molecular weight is 207 g/mol. The molecule has 0 saturated carbocycles. The number of hydrogen-bond donors (Lipinski definition) is 1. The number of para-hydroxylation sites is 1. The fraction of sp³-hybridized carbons (Fsp3) is 0.182. The van der Waals surface area contributed by atoms with Gasteiger partial charge in [0.25, 0.3) is 0 Å². The highest BCUT2D eigenvalue weighted by Gasteiger charge is 1.98. The molecule has 0 atom stereocenters. The molecule has 72 valence electrons. The number of nitrogens with one attached hydrogen (secondary N) is 1. The third-order valence-electron chi connectivity index (χ3n) is 2.06. The van der Waals surface area contributed by atoms with Crippen molar-refractivity contribution in [2.24, 2.45) is 0 Å². The monoisotopic (exact) mass is 206 g/mol. The minimum atomic E-state index is 0.608. The summed E-state index contributed by atoms with van der Waals surface area (Å²) < 4.78 is 0. The van der Waals surface area contributed by atoms with E-state index in [0.717, 1.165) is 23.1 Å². The third-order valence-corrected chi connectivity index (χ3v) is 2.25. The number of halogens is 1. The number of benzene rings is 1. The van der Waals surface area contributed by atoms with E-state index in [-0.39, 0.29) is 0 Å². The van der Waals surface area contributed by atoms with Gasteiger partial charge in [-0.15, -0.1) is 11.6 Å². The summed E-state index contributed by atoms with van der Waals surface area (Å²) in [6.07, 6.45) is 1.80. The molecule has 0 spiro atoms. The van der Waals surface area contributed by atoms with Gasteiger partial charge in [-0.25, -0.2) is 0 Å². The molecule has 0 fully saturated rings. The van der Waals surface area contributed by atoms with E-state index < -0.39 is 0 Å². The normalized spacial score (nSPS) is 10.4. The summed E-state index contributed by atoms with van der Waals surface area (Å²) in [5.41, 5.74) is 2.10. The maximum atomic E-state index is 5.62. The van der Waals surface area contributed by atoms with Gasteiger partial charge >= 0.3 is 0 Å². The molecule has 14 heavy (non-hydrogen) atoms. The van der Waals surface area contributed by atoms with E-state index in [2.05, 4.69) is 16.4 Å². The third kappa shape index (κ3) is 1.80. The second kappa shape index (κ2) is 4.29. The zero-order valence-electron chi connectivity index (χ0n) is 7.70. The predicted molar refractivity (Wildman–Crippen MR) is 61.0 cm³/mol. The van der Waals surface area contributed by atoms with Crippen LogP contribution in [0.5, 0.6) is 0 Å². The Hall–Kier alpha value is -1.28. The predicted octanol–water partition coefficient (Wildman–Crippen LogP) is 2.89. The van der Waals surface area contributed by atoms with Gasteiger partial charge in [-0.05, 0) is 12.1 Å². The van der Waals surface area contributed by atoms with Crippen molar-refractivity contribution < 1.29 is 0 Å². The van der Waals surface area contributed by atoms with Crippen molar-refractivity contribution in [3.05, 3.63) is 36.5 Å². The molecule has 1 heterocycles. The Morgan fingerprint density at radius 1 is 1.21 bits per heavy atom. The largest absolute Gasteiger partial charge is 0.383 e. The molecule has 0 amide bonds. The smallest absolute Gasteiger partial charge is 0.0722 e. The number of rotatable bonds is 3. The van der Waals surface area contributed by atoms with E-state index in [0.29, 0.717) is 5.88 Å². The fourth-order valence-electron chi connectivity index (χ4n) is 1.43. The van der Waals surface area contributed by atoms with Gasteiger partial charge in [0.2, 0.25) is 0 Å². The molecule has 0 aliphatic heterocycles. The van der Waals surface area contributed by atoms with Gasteiger partial charge in [0.05, 0.1) is 5.52 Å². The Labute approximate surface area is 87.9 Å². The number of pyridine rings is 1. The first-order chi connectivity index (χ1) is 6.92. The lowest BCUT2D eigenvalue weighted by molar-refractivity contribution is 1.22. The van der Waals surface area contributed by atoms with Gasteiger partial charge in [0, 0.05) is 29.7 Å². The van der Waals surface area contributed by atoms with Crippen LogP contribution in [0.3, 0.4) is 0 Å². The van der Waals surface area contributed by atoms with Crippen LogP contribution in [0.2, 0.25) is 0 Å². The van der Waals surface area contributed by atoms with Crippen molar-refractivity contribution in [1.29, 1.82) is 0 Å². The molecule has 0 bridgehead atoms. The maximum Gasteiger partial charge on any atom is 0.0722 e. The van der Waals surface area contributed by atoms with Crippen molar-refractivity contribution in [2.75, 3.05) is 17.7 Å². The Kier molecular flexibility index (Phi) is 2.84. The average Bonchev–Trinajstić information content (AvgIpc) is 2.26. The first-order valence-corrected chi connectivity index (χ1v) is 5.09. The van der Waals surface area contributed by atoms with Crippen LogP contribution in [0.4, 0.5) is 5.69 Å². The number of nitrogens with zero attached hydrogens (tertiary/aromatic N) is 1. The summed E-state index contributed by atoms with van der Waals surface area (Å²) in [7, 11) is 0. The molecule has 2 aromatic rings. The maximum absolute atomic E-state index is 5.62. The van der Waals surface area contributed by atoms with Crippen molar-refractivity contribution in [2.45, 2.75) is 0 Å². The van der Waals surface area contributed by atoms with Crippen molar-refractivity contribution in [1.82, 2.24) is 4.98 Å². The Bertz CT molecular complexity index is 423. The molecule has 1 N–H and O–H groups in total. The highest BCUT2D eigenvalue weighted by Crippen LogP contribution is 2.20. The van der Waals surface area contributed by atoms with E-state index in [9.17, 15) is 0 Å². The van der Waals surface area contributed by atoms with Crippen molar-refractivity contribution in [3.63, 3.8) is 0 Å². The van der Waals surface area contributed by atoms with Crippen LogP contribution in [-0.4, -0.2) is 17.4 Å². The second-order valence-electron chi connectivity index (χ2n) is 2.99. The van der Waals surface area contributed by atoms with Gasteiger partial charge in [0.1, 0.15) is 0 Å². The van der Waals surface area contributed by atoms with Gasteiger partial charge in [-0.3, -0.25) is 4.98 Å². The first-order valence-electron chi connectivity index (χ1n) is 4.55. The zero-order valence-corrected chi connectivity index (χ0v) is 8.46. The number of anilines is 1. The number of alkyl halides is 1. The highest BCUT2D eigenvalue weighted by atomic mass is 35.5. The Morgan fingerprint density at radius 2 is 2.07 bits per heavy atom. The lowest BCUT2D eigenvalue weighted by Gasteiger charge is -2.06. The SMILES string of the molecule is ClCCNc1ccnc2ccccc12. The minimum Gasteiger partial charge on any atom is -0.383 e. The lowest BCUT2D eigenvalue weighted by atomic mass is 10.2. The molecule has 0 radical (unpaired) electrons. The van der Waals surface area contributed by atoms with Crippen LogP contribution < -0.4 is 5.32 Å². The van der Waals surface area contributed by atoms with E-state index in [1.807, 2.05) is 24.3 Å². The molecule has 2 rings (SSSR count). The van der Waals surface area contributed by atoms with Crippen LogP contribution in [0.15, 0.2) is 36.5 Å². The van der Waals surface area contributed by atoms with E-state index in [1.54, 1.807) is 6.20 Å². The summed E-state index contributed by atoms with van der Waals surface area (Å²) in [6, 6.07) is 10.0. The molecule has 1 aromatic carbocycles. The van der Waals surface area contributed by atoms with Gasteiger partial charge < -0.3 is 5.32 Å². The van der Waals surface area contributed by atoms with Gasteiger partial charge in [-0.2, -0.15) is 0 Å². The molecule has 0 unspecified atom stereocenters. The zero-order chi connectivity index (χ0) is 9.80. The fourth-order valence-corrected chi connectivity index (χ4v) is 1.53. The lowest BCUT2D eigenvalue weighted by Crippen LogP contribution is -2.02. The second-order valence-corrected chi connectivity index (χ2v) is 3.37. The summed E-state index contributed by atoms with van der Waals surface area (Å²) >= 11 is 5.62. The summed E-state index contributed by atoms with van der Waals surface area (Å²) in [5.74, 6) is 0.608. The molecular weight excluding hydrogens is 196 g/mol. The van der Waals surface area contributed by atoms with Gasteiger partial charge in [0.15, 0.2) is 0 Å². The van der Waals surface area contributed by atoms with Crippen LogP contribution in [-0.2, 0) is 0 Å². The molecule has 0 aliphatic rings. The molecule has 0 aliphatic carbocycles. The van der Waals surface area contributed by atoms with Crippen molar-refractivity contribution >= 4 is 28.2 Å². The van der Waals surface area contributed by atoms with Crippen molar-refractivity contribution in [3.8, 4) is 0 Å². The first kappa shape index (κ1) is 9.28. The molecular formula is C11H11ClN2. The molecule has 0 saturated heterocycles. The molecule has 1 aromatic heterocycles. The highest BCUT2D eigenvalue weighted by molar-refractivity contribution is 6.18. The Morgan fingerprint density at radius 3 is 2.93 bits per heavy atom. The Balaban J connectivity index is 2.43. The quantitative estimate of drug-likeness (QED) is 0.782. The van der Waals surface area contributed by atoms with Crippen LogP contribution in [0.25, 0.3) is 10.9 Å². The summed E-state index contributed by atoms with van der Waals surface area (Å²) in [5, 5.41) is 4.40. The number of hydrogen-bond acceptors (Lipinski definition) is 2. The standard InChI is InChI=1S/C11H11ClN2/c12-6-8-14-11-5-7-13-10-4-2-1-3-9(10)11/h1-5,7H,6,8H2,(H,13,14). The topological polar surface area (TPSA) is 24.9 Å². The van der Waals surface area contributed by atoms with E-state index in [4.69, 9.17) is 11.6 Å². The van der Waals surface area contributed by atoms with Crippen LogP contribution in [0, 0.1) is 0 Å². The van der Waals surface area contributed by atoms with E-state index >= 15 is 0 Å². The number of aromatic nitrogens is 1. The van der Waals surface area contributed by atoms with Gasteiger partial charge in [-0.1, -0.05) is 18.2 Å². The van der Waals surface area contributed by atoms with E-state index in [1.165, 1.54) is 0 Å². The summed E-state index contributed by atoms with van der Waals surface area (Å²) in [6.45, 7) is 0.773. The van der Waals surface area contributed by atoms with Crippen LogP contribution >= 0.6 is 11.6 Å². The molecule has 2 nitrogen and oxygen atoms in total. The molecule has 3 heteroatoms. The van der Waals surface area contributed by atoms with Crippen LogP contribution in [0.1, 0.15) is 0 Å².